The van der Waals surface area contributed by atoms with E-state index >= 15 is 0 Å². The zero-order valence-electron chi connectivity index (χ0n) is 24.3. The Bertz CT molecular complexity index is 1260. The summed E-state index contributed by atoms with van der Waals surface area (Å²) in [6, 6.07) is 14.0. The maximum absolute atomic E-state index is 13.8. The Morgan fingerprint density at radius 1 is 0.975 bits per heavy atom. The Labute approximate surface area is 238 Å². The number of hydroxylamine groups is 2. The molecule has 3 unspecified atom stereocenters. The third kappa shape index (κ3) is 8.20. The van der Waals surface area contributed by atoms with Crippen molar-refractivity contribution in [1.82, 2.24) is 14.9 Å². The van der Waals surface area contributed by atoms with Gasteiger partial charge in [-0.15, -0.1) is 0 Å². The average Bonchev–Trinajstić information content (AvgIpc) is 3.36. The van der Waals surface area contributed by atoms with Crippen LogP contribution in [0.15, 0.2) is 54.7 Å². The molecule has 0 saturated carbocycles. The highest BCUT2D eigenvalue weighted by molar-refractivity contribution is 7.62. The summed E-state index contributed by atoms with van der Waals surface area (Å²) < 4.78 is 13.1. The maximum Gasteiger partial charge on any atom is 0.263 e. The number of carbonyl (C=O) groups excluding carboxylic acids is 1. The zero-order chi connectivity index (χ0) is 29.3. The molecule has 0 fully saturated rings. The number of aliphatic hydroxyl groups is 1. The fraction of sp³-hybridized carbons (Fsp3) is 0.516. The van der Waals surface area contributed by atoms with E-state index in [1.165, 1.54) is 0 Å². The van der Waals surface area contributed by atoms with Crippen molar-refractivity contribution in [2.75, 3.05) is 26.4 Å². The lowest BCUT2D eigenvalue weighted by Crippen LogP contribution is -2.55. The number of carbonyl (C=O) groups is 1. The Balaban J connectivity index is 1.86. The van der Waals surface area contributed by atoms with Gasteiger partial charge in [-0.1, -0.05) is 63.1 Å². The SMILES string of the molecule is CCCCC(C(=O)N(O)CCc1c[nH]c2cccc(O)c12)N(CCC)C(CCc1ccccc1)C(O)P(C)(C)=O. The van der Waals surface area contributed by atoms with Gasteiger partial charge in [0.05, 0.1) is 12.6 Å². The smallest absolute Gasteiger partial charge is 0.263 e. The summed E-state index contributed by atoms with van der Waals surface area (Å²) in [4.78, 5) is 19.0. The summed E-state index contributed by atoms with van der Waals surface area (Å²) in [5.74, 6) is -1.37. The number of nitrogens with zero attached hydrogens (tertiary/aromatic N) is 2. The van der Waals surface area contributed by atoms with Gasteiger partial charge in [0.2, 0.25) is 0 Å². The quantitative estimate of drug-likeness (QED) is 0.0974. The molecule has 40 heavy (non-hydrogen) atoms. The molecular weight excluding hydrogens is 525 g/mol. The van der Waals surface area contributed by atoms with Crippen LogP contribution in [0, 0.1) is 0 Å². The van der Waals surface area contributed by atoms with Gasteiger partial charge in [-0.3, -0.25) is 14.9 Å². The van der Waals surface area contributed by atoms with Crippen molar-refractivity contribution in [3.63, 3.8) is 0 Å². The summed E-state index contributed by atoms with van der Waals surface area (Å²) in [5.41, 5.74) is 2.71. The van der Waals surface area contributed by atoms with E-state index < -0.39 is 31.0 Å². The molecule has 4 N–H and O–H groups in total. The van der Waals surface area contributed by atoms with Crippen molar-refractivity contribution < 1.29 is 24.8 Å². The Morgan fingerprint density at radius 2 is 1.70 bits per heavy atom. The fourth-order valence-electron chi connectivity index (χ4n) is 5.44. The lowest BCUT2D eigenvalue weighted by Gasteiger charge is -2.41. The van der Waals surface area contributed by atoms with E-state index in [0.29, 0.717) is 37.6 Å². The molecule has 1 heterocycles. The number of amides is 1. The van der Waals surface area contributed by atoms with Gasteiger partial charge in [0.15, 0.2) is 0 Å². The second kappa shape index (κ2) is 14.8. The number of aliphatic hydroxyl groups excluding tert-OH is 1. The van der Waals surface area contributed by atoms with Crippen LogP contribution < -0.4 is 0 Å². The number of phenols is 1. The standard InChI is InChI=1S/C31H46N3O5P/c1-5-7-15-26(30(36)34(38)21-19-24-22-32-25-14-11-16-28(35)29(24)25)33(20-6-2)27(31(37)40(3,4)39)18-17-23-12-9-8-10-13-23/h8-14,16,22,26-27,31-32,35,37-38H,5-7,15,17-21H2,1-4H3. The van der Waals surface area contributed by atoms with E-state index in [9.17, 15) is 24.8 Å². The molecule has 3 rings (SSSR count). The molecule has 0 spiro atoms. The molecule has 220 valence electrons. The van der Waals surface area contributed by atoms with E-state index in [0.717, 1.165) is 41.0 Å². The summed E-state index contributed by atoms with van der Waals surface area (Å²) in [7, 11) is -2.91. The van der Waals surface area contributed by atoms with Crippen LogP contribution in [0.1, 0.15) is 57.1 Å². The van der Waals surface area contributed by atoms with Gasteiger partial charge in [0.25, 0.3) is 5.91 Å². The number of aromatic hydroxyl groups is 1. The molecular formula is C31H46N3O5P. The predicted molar refractivity (Wildman–Crippen MR) is 161 cm³/mol. The topological polar surface area (TPSA) is 117 Å². The number of aromatic amines is 1. The number of benzene rings is 2. The van der Waals surface area contributed by atoms with Gasteiger partial charge < -0.3 is 19.8 Å². The number of hydrogen-bond acceptors (Lipinski definition) is 6. The molecule has 0 aliphatic carbocycles. The monoisotopic (exact) mass is 571 g/mol. The van der Waals surface area contributed by atoms with Gasteiger partial charge >= 0.3 is 0 Å². The zero-order valence-corrected chi connectivity index (χ0v) is 25.2. The molecule has 3 aromatic rings. The van der Waals surface area contributed by atoms with Crippen LogP contribution in [0.4, 0.5) is 0 Å². The van der Waals surface area contributed by atoms with E-state index in [1.807, 2.05) is 48.2 Å². The van der Waals surface area contributed by atoms with Crippen LogP contribution in [0.2, 0.25) is 0 Å². The van der Waals surface area contributed by atoms with Crippen LogP contribution in [0.3, 0.4) is 0 Å². The van der Waals surface area contributed by atoms with Gasteiger partial charge in [0, 0.05) is 23.1 Å². The predicted octanol–water partition coefficient (Wildman–Crippen LogP) is 5.85. The number of phenolic OH excluding ortho intramolecular Hbond substituents is 1. The first-order valence-electron chi connectivity index (χ1n) is 14.4. The number of H-pyrrole nitrogens is 1. The molecule has 8 nitrogen and oxygen atoms in total. The van der Waals surface area contributed by atoms with Crippen molar-refractivity contribution in [2.45, 2.75) is 76.7 Å². The second-order valence-corrected chi connectivity index (χ2v) is 14.5. The van der Waals surface area contributed by atoms with E-state index in [1.54, 1.807) is 31.7 Å². The Kier molecular flexibility index (Phi) is 11.8. The van der Waals surface area contributed by atoms with Gasteiger partial charge in [0.1, 0.15) is 18.7 Å². The first kappa shape index (κ1) is 31.9. The van der Waals surface area contributed by atoms with E-state index in [-0.39, 0.29) is 12.3 Å². The first-order valence-corrected chi connectivity index (χ1v) is 17.1. The highest BCUT2D eigenvalue weighted by Gasteiger charge is 2.39. The molecule has 0 radical (unpaired) electrons. The molecule has 1 amide bonds. The van der Waals surface area contributed by atoms with E-state index in [4.69, 9.17) is 0 Å². The normalized spacial score (nSPS) is 14.4. The lowest BCUT2D eigenvalue weighted by atomic mass is 9.99. The van der Waals surface area contributed by atoms with Crippen LogP contribution in [-0.4, -0.2) is 80.6 Å². The highest BCUT2D eigenvalue weighted by Crippen LogP contribution is 2.45. The highest BCUT2D eigenvalue weighted by atomic mass is 31.2. The Hall–Kier alpha value is -2.64. The summed E-state index contributed by atoms with van der Waals surface area (Å²) in [6.45, 7) is 7.84. The third-order valence-corrected chi connectivity index (χ3v) is 9.21. The number of unbranched alkanes of at least 4 members (excludes halogenated alkanes) is 1. The Morgan fingerprint density at radius 3 is 2.35 bits per heavy atom. The lowest BCUT2D eigenvalue weighted by molar-refractivity contribution is -0.173. The molecule has 3 atom stereocenters. The van der Waals surface area contributed by atoms with Gasteiger partial charge in [-0.2, -0.15) is 0 Å². The number of nitrogens with one attached hydrogen (secondary N) is 1. The molecule has 1 aromatic heterocycles. The van der Waals surface area contributed by atoms with Crippen molar-refractivity contribution in [3.05, 3.63) is 65.9 Å². The minimum atomic E-state index is -2.91. The number of hydrogen-bond donors (Lipinski definition) is 4. The number of rotatable bonds is 16. The van der Waals surface area contributed by atoms with E-state index in [2.05, 4.69) is 11.9 Å². The van der Waals surface area contributed by atoms with Crippen LogP contribution in [0.5, 0.6) is 5.75 Å². The summed E-state index contributed by atoms with van der Waals surface area (Å²) in [6.07, 6.45) is 6.26. The maximum atomic E-state index is 13.8. The number of aryl methyl sites for hydroxylation is 1. The minimum absolute atomic E-state index is 0.0556. The number of aromatic nitrogens is 1. The molecule has 0 aliphatic heterocycles. The van der Waals surface area contributed by atoms with Gasteiger partial charge in [-0.25, -0.2) is 5.06 Å². The average molecular weight is 572 g/mol. The largest absolute Gasteiger partial charge is 0.507 e. The van der Waals surface area contributed by atoms with Crippen LogP contribution in [-0.2, 0) is 22.2 Å². The number of fused-ring (bicyclic) bond motifs is 1. The molecule has 0 aliphatic rings. The fourth-order valence-corrected chi connectivity index (χ4v) is 6.59. The minimum Gasteiger partial charge on any atom is -0.507 e. The third-order valence-electron chi connectivity index (χ3n) is 7.59. The van der Waals surface area contributed by atoms with Crippen LogP contribution >= 0.6 is 7.14 Å². The van der Waals surface area contributed by atoms with Crippen molar-refractivity contribution in [1.29, 1.82) is 0 Å². The van der Waals surface area contributed by atoms with Gasteiger partial charge in [-0.05, 0) is 75.2 Å². The second-order valence-electron chi connectivity index (χ2n) is 11.1. The van der Waals surface area contributed by atoms with Crippen molar-refractivity contribution in [2.24, 2.45) is 0 Å². The molecule has 2 aromatic carbocycles. The molecule has 0 bridgehead atoms. The summed E-state index contributed by atoms with van der Waals surface area (Å²) in [5, 5.41) is 34.1. The molecule has 0 saturated heterocycles. The van der Waals surface area contributed by atoms with Crippen molar-refractivity contribution >= 4 is 24.0 Å². The first-order chi connectivity index (χ1) is 19.1. The van der Waals surface area contributed by atoms with Crippen LogP contribution in [0.25, 0.3) is 10.9 Å². The molecule has 9 heteroatoms. The van der Waals surface area contributed by atoms with Crippen molar-refractivity contribution in [3.8, 4) is 5.75 Å². The summed E-state index contributed by atoms with van der Waals surface area (Å²) >= 11 is 0.